The molecule has 1 aromatic heterocycles. The first-order chi connectivity index (χ1) is 9.99. The molecule has 2 heterocycles. The van der Waals surface area contributed by atoms with E-state index < -0.39 is 12.1 Å². The van der Waals surface area contributed by atoms with Crippen LogP contribution >= 0.6 is 0 Å². The van der Waals surface area contributed by atoms with E-state index in [0.717, 1.165) is 5.56 Å². The lowest BCUT2D eigenvalue weighted by Gasteiger charge is -2.36. The quantitative estimate of drug-likeness (QED) is 0.861. The predicted molar refractivity (Wildman–Crippen MR) is 80.1 cm³/mol. The molecular formula is C15H23N3O3. The zero-order valence-electron chi connectivity index (χ0n) is 12.7. The molecule has 0 bridgehead atoms. The maximum absolute atomic E-state index is 12.3. The fourth-order valence-electron chi connectivity index (χ4n) is 2.33. The van der Waals surface area contributed by atoms with Gasteiger partial charge < -0.3 is 20.1 Å². The molecule has 1 fully saturated rings. The molecule has 0 spiro atoms. The molecule has 0 aliphatic carbocycles. The summed E-state index contributed by atoms with van der Waals surface area (Å²) in [6.07, 6.45) is 1.10. The summed E-state index contributed by atoms with van der Waals surface area (Å²) in [4.78, 5) is 18.6. The summed E-state index contributed by atoms with van der Waals surface area (Å²) in [5, 5.41) is 12.6. The highest BCUT2D eigenvalue weighted by Gasteiger charge is 2.30. The van der Waals surface area contributed by atoms with Gasteiger partial charge >= 0.3 is 0 Å². The van der Waals surface area contributed by atoms with Gasteiger partial charge in [0.15, 0.2) is 0 Å². The molecule has 0 aromatic carbocycles. The van der Waals surface area contributed by atoms with Crippen molar-refractivity contribution < 1.29 is 14.6 Å². The third-order valence-electron chi connectivity index (χ3n) is 3.41. The maximum Gasteiger partial charge on any atom is 0.245 e. The molecular weight excluding hydrogens is 270 g/mol. The number of amides is 1. The van der Waals surface area contributed by atoms with Crippen LogP contribution in [0.2, 0.25) is 0 Å². The van der Waals surface area contributed by atoms with E-state index in [-0.39, 0.29) is 11.9 Å². The standard InChI is InChI=1S/C15H23N3O3/c1-10(2)17-15(20)13-9-21-7-6-18(13)14-8-12(11(3)19)4-5-16-14/h4-5,8,10-11,13,19H,6-7,9H2,1-3H3,(H,17,20)/t11-,13?/m0/s1. The van der Waals surface area contributed by atoms with Crippen molar-refractivity contribution >= 4 is 11.7 Å². The van der Waals surface area contributed by atoms with Crippen molar-refractivity contribution in [1.82, 2.24) is 10.3 Å². The first-order valence-corrected chi connectivity index (χ1v) is 7.28. The number of aliphatic hydroxyl groups is 1. The molecule has 2 rings (SSSR count). The molecule has 1 amide bonds. The lowest BCUT2D eigenvalue weighted by molar-refractivity contribution is -0.125. The molecule has 1 aromatic rings. The van der Waals surface area contributed by atoms with Crippen LogP contribution in [0.25, 0.3) is 0 Å². The zero-order chi connectivity index (χ0) is 15.4. The van der Waals surface area contributed by atoms with Gasteiger partial charge in [0.2, 0.25) is 5.91 Å². The van der Waals surface area contributed by atoms with Gasteiger partial charge in [-0.1, -0.05) is 0 Å². The molecule has 6 nitrogen and oxygen atoms in total. The summed E-state index contributed by atoms with van der Waals surface area (Å²) >= 11 is 0. The molecule has 1 unspecified atom stereocenters. The minimum atomic E-state index is -0.560. The summed E-state index contributed by atoms with van der Waals surface area (Å²) in [5.74, 6) is 0.634. The van der Waals surface area contributed by atoms with Gasteiger partial charge in [-0.25, -0.2) is 4.98 Å². The van der Waals surface area contributed by atoms with Crippen molar-refractivity contribution in [3.63, 3.8) is 0 Å². The van der Waals surface area contributed by atoms with Crippen LogP contribution in [-0.4, -0.2) is 47.8 Å². The summed E-state index contributed by atoms with van der Waals surface area (Å²) in [7, 11) is 0. The van der Waals surface area contributed by atoms with E-state index in [2.05, 4.69) is 10.3 Å². The number of carbonyl (C=O) groups is 1. The van der Waals surface area contributed by atoms with Crippen molar-refractivity contribution in [3.8, 4) is 0 Å². The van der Waals surface area contributed by atoms with Crippen LogP contribution in [0.4, 0.5) is 5.82 Å². The molecule has 0 radical (unpaired) electrons. The Balaban J connectivity index is 2.22. The minimum absolute atomic E-state index is 0.0612. The van der Waals surface area contributed by atoms with E-state index in [1.54, 1.807) is 19.2 Å². The normalized spacial score (nSPS) is 20.4. The summed E-state index contributed by atoms with van der Waals surface area (Å²) < 4.78 is 5.43. The van der Waals surface area contributed by atoms with E-state index in [1.165, 1.54) is 0 Å². The van der Waals surface area contributed by atoms with E-state index in [0.29, 0.717) is 25.6 Å². The van der Waals surface area contributed by atoms with E-state index in [9.17, 15) is 9.90 Å². The van der Waals surface area contributed by atoms with Crippen molar-refractivity contribution in [3.05, 3.63) is 23.9 Å². The van der Waals surface area contributed by atoms with Crippen LogP contribution in [0.1, 0.15) is 32.4 Å². The second kappa shape index (κ2) is 6.87. The molecule has 1 aliphatic heterocycles. The van der Waals surface area contributed by atoms with Crippen LogP contribution in [0.15, 0.2) is 18.3 Å². The number of rotatable bonds is 4. The minimum Gasteiger partial charge on any atom is -0.389 e. The van der Waals surface area contributed by atoms with Crippen LogP contribution in [0.5, 0.6) is 0 Å². The van der Waals surface area contributed by atoms with Crippen LogP contribution in [0, 0.1) is 0 Å². The number of anilines is 1. The predicted octanol–water partition coefficient (Wildman–Crippen LogP) is 0.865. The van der Waals surface area contributed by atoms with Gasteiger partial charge in [0.1, 0.15) is 11.9 Å². The number of nitrogens with zero attached hydrogens (tertiary/aromatic N) is 2. The van der Waals surface area contributed by atoms with Gasteiger partial charge in [-0.3, -0.25) is 4.79 Å². The highest BCUT2D eigenvalue weighted by atomic mass is 16.5. The fourth-order valence-corrected chi connectivity index (χ4v) is 2.33. The topological polar surface area (TPSA) is 74.7 Å². The number of morpholine rings is 1. The zero-order valence-corrected chi connectivity index (χ0v) is 12.7. The molecule has 1 aliphatic rings. The van der Waals surface area contributed by atoms with Gasteiger partial charge in [-0.2, -0.15) is 0 Å². The van der Waals surface area contributed by atoms with E-state index in [1.807, 2.05) is 24.8 Å². The largest absolute Gasteiger partial charge is 0.389 e. The Morgan fingerprint density at radius 2 is 2.29 bits per heavy atom. The van der Waals surface area contributed by atoms with Gasteiger partial charge in [-0.05, 0) is 38.5 Å². The van der Waals surface area contributed by atoms with Crippen molar-refractivity contribution in [1.29, 1.82) is 0 Å². The van der Waals surface area contributed by atoms with E-state index in [4.69, 9.17) is 4.74 Å². The Morgan fingerprint density at radius 3 is 2.95 bits per heavy atom. The number of ether oxygens (including phenoxy) is 1. The van der Waals surface area contributed by atoms with Gasteiger partial charge in [0, 0.05) is 18.8 Å². The number of pyridine rings is 1. The Labute approximate surface area is 125 Å². The second-order valence-corrected chi connectivity index (χ2v) is 5.57. The van der Waals surface area contributed by atoms with Crippen LogP contribution in [-0.2, 0) is 9.53 Å². The first kappa shape index (κ1) is 15.7. The van der Waals surface area contributed by atoms with Crippen molar-refractivity contribution in [2.24, 2.45) is 0 Å². The first-order valence-electron chi connectivity index (χ1n) is 7.28. The molecule has 2 atom stereocenters. The Morgan fingerprint density at radius 1 is 1.52 bits per heavy atom. The number of aliphatic hydroxyl groups excluding tert-OH is 1. The molecule has 2 N–H and O–H groups in total. The lowest BCUT2D eigenvalue weighted by Crippen LogP contribution is -2.55. The molecule has 6 heteroatoms. The fraction of sp³-hybridized carbons (Fsp3) is 0.600. The smallest absolute Gasteiger partial charge is 0.245 e. The SMILES string of the molecule is CC(C)NC(=O)C1COCCN1c1cc([C@H](C)O)ccn1. The monoisotopic (exact) mass is 293 g/mol. The number of hydrogen-bond donors (Lipinski definition) is 2. The highest BCUT2D eigenvalue weighted by molar-refractivity contribution is 5.85. The summed E-state index contributed by atoms with van der Waals surface area (Å²) in [5.41, 5.74) is 0.787. The number of nitrogens with one attached hydrogen (secondary N) is 1. The van der Waals surface area contributed by atoms with Crippen LogP contribution < -0.4 is 10.2 Å². The van der Waals surface area contributed by atoms with Gasteiger partial charge in [-0.15, -0.1) is 0 Å². The Hall–Kier alpha value is -1.66. The number of aromatic nitrogens is 1. The molecule has 116 valence electrons. The van der Waals surface area contributed by atoms with Crippen LogP contribution in [0.3, 0.4) is 0 Å². The lowest BCUT2D eigenvalue weighted by atomic mass is 10.1. The van der Waals surface area contributed by atoms with Crippen molar-refractivity contribution in [2.75, 3.05) is 24.7 Å². The Kier molecular flexibility index (Phi) is 5.14. The Bertz CT molecular complexity index is 491. The second-order valence-electron chi connectivity index (χ2n) is 5.57. The maximum atomic E-state index is 12.3. The average Bonchev–Trinajstić information content (AvgIpc) is 2.46. The molecule has 1 saturated heterocycles. The number of hydrogen-bond acceptors (Lipinski definition) is 5. The van der Waals surface area contributed by atoms with E-state index >= 15 is 0 Å². The highest BCUT2D eigenvalue weighted by Crippen LogP contribution is 2.21. The molecule has 0 saturated carbocycles. The average molecular weight is 293 g/mol. The number of carbonyl (C=O) groups excluding carboxylic acids is 1. The summed E-state index contributed by atoms with van der Waals surface area (Å²) in [6.45, 7) is 7.08. The third kappa shape index (κ3) is 3.92. The van der Waals surface area contributed by atoms with Crippen molar-refractivity contribution in [2.45, 2.75) is 39.0 Å². The third-order valence-corrected chi connectivity index (χ3v) is 3.41. The van der Waals surface area contributed by atoms with Gasteiger partial charge in [0.05, 0.1) is 19.3 Å². The molecule has 21 heavy (non-hydrogen) atoms. The summed E-state index contributed by atoms with van der Waals surface area (Å²) in [6, 6.07) is 3.29. The van der Waals surface area contributed by atoms with Gasteiger partial charge in [0.25, 0.3) is 0 Å².